The second-order valence-electron chi connectivity index (χ2n) is 7.28. The smallest absolute Gasteiger partial charge is 0.316 e. The van der Waals surface area contributed by atoms with Crippen LogP contribution in [-0.2, 0) is 14.1 Å². The van der Waals surface area contributed by atoms with Crippen LogP contribution in [0.2, 0.25) is 0 Å². The first kappa shape index (κ1) is 21.8. The molecule has 0 spiro atoms. The number of rotatable bonds is 5. The van der Waals surface area contributed by atoms with Gasteiger partial charge in [0.15, 0.2) is 5.75 Å². The minimum Gasteiger partial charge on any atom is -0.497 e. The van der Waals surface area contributed by atoms with Gasteiger partial charge in [0.05, 0.1) is 29.4 Å². The van der Waals surface area contributed by atoms with E-state index in [2.05, 4.69) is 5.32 Å². The summed E-state index contributed by atoms with van der Waals surface area (Å²) < 4.78 is 27.7. The lowest BCUT2D eigenvalue weighted by Crippen LogP contribution is -2.39. The Morgan fingerprint density at radius 3 is 2.06 bits per heavy atom. The molecule has 0 aliphatic carbocycles. The first-order chi connectivity index (χ1) is 15.8. The Balaban J connectivity index is 1.86. The standard InChI is InChI=1S/C24H20FN3O5/c1-27-19-12-18(26-22(29)16-6-4-5-7-17(16)25)21(13-20(19)28(2)24(31)23(27)30)33-15-10-8-14(32-3)9-11-15/h4-13H,1-3H3,(H,26,29). The summed E-state index contributed by atoms with van der Waals surface area (Å²) in [4.78, 5) is 37.4. The molecule has 33 heavy (non-hydrogen) atoms. The SMILES string of the molecule is COc1ccc(Oc2cc3c(cc2NC(=O)c2ccccc2F)n(C)c(=O)c(=O)n3C)cc1. The van der Waals surface area contributed by atoms with Crippen LogP contribution in [0.3, 0.4) is 0 Å². The summed E-state index contributed by atoms with van der Waals surface area (Å²) in [5.74, 6) is -0.103. The lowest BCUT2D eigenvalue weighted by atomic mass is 10.1. The van der Waals surface area contributed by atoms with Crippen molar-refractivity contribution in [2.75, 3.05) is 12.4 Å². The van der Waals surface area contributed by atoms with E-state index in [0.29, 0.717) is 22.5 Å². The minimum atomic E-state index is -0.722. The molecule has 9 heteroatoms. The Morgan fingerprint density at radius 2 is 1.45 bits per heavy atom. The summed E-state index contributed by atoms with van der Waals surface area (Å²) in [6.07, 6.45) is 0. The maximum absolute atomic E-state index is 14.1. The van der Waals surface area contributed by atoms with Gasteiger partial charge in [-0.25, -0.2) is 4.39 Å². The fourth-order valence-electron chi connectivity index (χ4n) is 3.39. The van der Waals surface area contributed by atoms with Gasteiger partial charge in [-0.3, -0.25) is 14.4 Å². The van der Waals surface area contributed by atoms with Crippen molar-refractivity contribution >= 4 is 22.6 Å². The number of benzene rings is 3. The zero-order valence-electron chi connectivity index (χ0n) is 18.1. The average Bonchev–Trinajstić information content (AvgIpc) is 2.82. The molecule has 8 nitrogen and oxygen atoms in total. The second-order valence-corrected chi connectivity index (χ2v) is 7.28. The van der Waals surface area contributed by atoms with Crippen LogP contribution >= 0.6 is 0 Å². The number of halogens is 1. The van der Waals surface area contributed by atoms with E-state index >= 15 is 0 Å². The molecule has 4 aromatic rings. The lowest BCUT2D eigenvalue weighted by molar-refractivity contribution is 0.102. The van der Waals surface area contributed by atoms with E-state index in [1.807, 2.05) is 0 Å². The number of hydrogen-bond donors (Lipinski definition) is 1. The van der Waals surface area contributed by atoms with Gasteiger partial charge in [0, 0.05) is 20.2 Å². The third-order valence-electron chi connectivity index (χ3n) is 5.25. The van der Waals surface area contributed by atoms with Gasteiger partial charge in [0.25, 0.3) is 5.91 Å². The summed E-state index contributed by atoms with van der Waals surface area (Å²) >= 11 is 0. The zero-order valence-corrected chi connectivity index (χ0v) is 18.1. The molecule has 0 radical (unpaired) electrons. The van der Waals surface area contributed by atoms with Crippen molar-refractivity contribution in [3.8, 4) is 17.2 Å². The molecule has 0 saturated carbocycles. The number of carbonyl (C=O) groups is 1. The van der Waals surface area contributed by atoms with Crippen molar-refractivity contribution in [1.82, 2.24) is 9.13 Å². The van der Waals surface area contributed by atoms with E-state index in [9.17, 15) is 18.8 Å². The highest BCUT2D eigenvalue weighted by atomic mass is 19.1. The Labute approximate surface area is 187 Å². The molecule has 0 aliphatic heterocycles. The first-order valence-corrected chi connectivity index (χ1v) is 9.91. The average molecular weight is 449 g/mol. The number of aryl methyl sites for hydroxylation is 2. The summed E-state index contributed by atoms with van der Waals surface area (Å²) in [5.41, 5.74) is -0.589. The van der Waals surface area contributed by atoms with E-state index < -0.39 is 22.8 Å². The van der Waals surface area contributed by atoms with Crippen molar-refractivity contribution in [3.63, 3.8) is 0 Å². The van der Waals surface area contributed by atoms with Crippen LogP contribution in [0.1, 0.15) is 10.4 Å². The number of aromatic nitrogens is 2. The van der Waals surface area contributed by atoms with E-state index in [4.69, 9.17) is 9.47 Å². The van der Waals surface area contributed by atoms with Crippen LogP contribution in [0.25, 0.3) is 11.0 Å². The van der Waals surface area contributed by atoms with E-state index in [1.54, 1.807) is 37.4 Å². The van der Waals surface area contributed by atoms with Crippen molar-refractivity contribution in [2.24, 2.45) is 14.1 Å². The highest BCUT2D eigenvalue weighted by Gasteiger charge is 2.18. The molecule has 0 unspecified atom stereocenters. The molecule has 1 amide bonds. The number of methoxy groups -OCH3 is 1. The highest BCUT2D eigenvalue weighted by Crippen LogP contribution is 2.34. The third-order valence-corrected chi connectivity index (χ3v) is 5.25. The topological polar surface area (TPSA) is 91.6 Å². The highest BCUT2D eigenvalue weighted by molar-refractivity contribution is 6.06. The maximum atomic E-state index is 14.1. The van der Waals surface area contributed by atoms with Gasteiger partial charge in [-0.2, -0.15) is 0 Å². The fourth-order valence-corrected chi connectivity index (χ4v) is 3.39. The Hall–Kier alpha value is -4.40. The number of nitrogens with one attached hydrogen (secondary N) is 1. The molecule has 168 valence electrons. The van der Waals surface area contributed by atoms with Gasteiger partial charge in [0.1, 0.15) is 17.3 Å². The molecule has 4 rings (SSSR count). The van der Waals surface area contributed by atoms with E-state index in [1.165, 1.54) is 53.6 Å². The summed E-state index contributed by atoms with van der Waals surface area (Å²) in [7, 11) is 4.47. The van der Waals surface area contributed by atoms with Gasteiger partial charge in [0.2, 0.25) is 0 Å². The third kappa shape index (κ3) is 4.08. The number of carbonyl (C=O) groups excluding carboxylic acids is 1. The molecule has 1 N–H and O–H groups in total. The van der Waals surface area contributed by atoms with E-state index in [-0.39, 0.29) is 17.0 Å². The molecule has 0 aliphatic rings. The molecule has 0 atom stereocenters. The van der Waals surface area contributed by atoms with Crippen LogP contribution in [-0.4, -0.2) is 22.2 Å². The molecular weight excluding hydrogens is 429 g/mol. The van der Waals surface area contributed by atoms with Gasteiger partial charge in [-0.15, -0.1) is 0 Å². The molecule has 1 aromatic heterocycles. The number of amides is 1. The molecule has 0 bridgehead atoms. The fraction of sp³-hybridized carbons (Fsp3) is 0.125. The Morgan fingerprint density at radius 1 is 0.879 bits per heavy atom. The largest absolute Gasteiger partial charge is 0.497 e. The van der Waals surface area contributed by atoms with Gasteiger partial charge < -0.3 is 23.9 Å². The number of nitrogens with zero attached hydrogens (tertiary/aromatic N) is 2. The monoisotopic (exact) mass is 449 g/mol. The maximum Gasteiger partial charge on any atom is 0.316 e. The molecule has 3 aromatic carbocycles. The summed E-state index contributed by atoms with van der Waals surface area (Å²) in [5, 5.41) is 2.65. The predicted octanol–water partition coefficient (Wildman–Crippen LogP) is 3.43. The Bertz CT molecular complexity index is 1490. The van der Waals surface area contributed by atoms with Crippen LogP contribution < -0.4 is 25.9 Å². The Kier molecular flexibility index (Phi) is 5.70. The van der Waals surface area contributed by atoms with Crippen molar-refractivity contribution < 1.29 is 18.7 Å². The number of ether oxygens (including phenoxy) is 2. The van der Waals surface area contributed by atoms with Crippen LogP contribution in [0.4, 0.5) is 10.1 Å². The van der Waals surface area contributed by atoms with Crippen LogP contribution in [0.15, 0.2) is 70.3 Å². The first-order valence-electron chi connectivity index (χ1n) is 9.91. The van der Waals surface area contributed by atoms with Crippen LogP contribution in [0.5, 0.6) is 17.2 Å². The predicted molar refractivity (Wildman–Crippen MR) is 122 cm³/mol. The molecule has 0 saturated heterocycles. The normalized spacial score (nSPS) is 10.8. The second kappa shape index (κ2) is 8.62. The van der Waals surface area contributed by atoms with Crippen LogP contribution in [0, 0.1) is 5.82 Å². The number of fused-ring (bicyclic) bond motifs is 1. The summed E-state index contributed by atoms with van der Waals surface area (Å²) in [6.45, 7) is 0. The lowest BCUT2D eigenvalue weighted by Gasteiger charge is -2.17. The molecule has 1 heterocycles. The summed E-state index contributed by atoms with van der Waals surface area (Å²) in [6, 6.07) is 15.4. The van der Waals surface area contributed by atoms with Gasteiger partial charge in [-0.1, -0.05) is 12.1 Å². The zero-order chi connectivity index (χ0) is 23.7. The number of anilines is 1. The number of hydrogen-bond acceptors (Lipinski definition) is 5. The van der Waals surface area contributed by atoms with Crippen molar-refractivity contribution in [2.45, 2.75) is 0 Å². The van der Waals surface area contributed by atoms with Crippen molar-refractivity contribution in [3.05, 3.63) is 92.8 Å². The van der Waals surface area contributed by atoms with E-state index in [0.717, 1.165) is 0 Å². The van der Waals surface area contributed by atoms with Gasteiger partial charge >= 0.3 is 11.1 Å². The van der Waals surface area contributed by atoms with Crippen molar-refractivity contribution in [1.29, 1.82) is 0 Å². The van der Waals surface area contributed by atoms with Gasteiger partial charge in [-0.05, 0) is 42.5 Å². The quantitative estimate of drug-likeness (QED) is 0.472. The molecular formula is C24H20FN3O5. The minimum absolute atomic E-state index is 0.151. The molecule has 0 fully saturated rings.